The summed E-state index contributed by atoms with van der Waals surface area (Å²) in [6.45, 7) is 3.74. The Morgan fingerprint density at radius 1 is 1.15 bits per heavy atom. The van der Waals surface area contributed by atoms with Crippen molar-refractivity contribution in [2.75, 3.05) is 0 Å². The molecular formula is C12H12ClF3O3S. The molecule has 0 unspecified atom stereocenters. The first kappa shape index (κ1) is 17.0. The zero-order valence-corrected chi connectivity index (χ0v) is 12.5. The van der Waals surface area contributed by atoms with E-state index in [-0.39, 0.29) is 11.1 Å². The molecule has 0 fully saturated rings. The summed E-state index contributed by atoms with van der Waals surface area (Å²) in [5, 5.41) is -1.02. The maximum atomic E-state index is 13.1. The lowest BCUT2D eigenvalue weighted by atomic mass is 9.91. The van der Waals surface area contributed by atoms with E-state index in [9.17, 15) is 26.4 Å². The van der Waals surface area contributed by atoms with Crippen LogP contribution in [-0.2, 0) is 21.6 Å². The molecule has 1 aromatic carbocycles. The molecule has 8 heteroatoms. The van der Waals surface area contributed by atoms with E-state index in [0.717, 1.165) is 6.07 Å². The molecule has 1 aromatic rings. The van der Waals surface area contributed by atoms with Crippen LogP contribution in [0.25, 0.3) is 0 Å². The molecule has 0 saturated carbocycles. The molecule has 20 heavy (non-hydrogen) atoms. The summed E-state index contributed by atoms with van der Waals surface area (Å²) in [7, 11) is -3.14. The number of carbonyl (C=O) groups is 1. The van der Waals surface area contributed by atoms with Gasteiger partial charge in [0.2, 0.25) is 0 Å². The highest BCUT2D eigenvalue weighted by Crippen LogP contribution is 2.39. The maximum Gasteiger partial charge on any atom is 0.416 e. The number of halogens is 4. The molecule has 0 saturated heterocycles. The molecule has 0 aliphatic rings. The van der Waals surface area contributed by atoms with Crippen LogP contribution in [0.2, 0.25) is 0 Å². The lowest BCUT2D eigenvalue weighted by Gasteiger charge is -2.24. The second-order valence-electron chi connectivity index (χ2n) is 4.80. The van der Waals surface area contributed by atoms with Gasteiger partial charge in [-0.15, -0.1) is 0 Å². The predicted molar refractivity (Wildman–Crippen MR) is 69.7 cm³/mol. The van der Waals surface area contributed by atoms with E-state index in [1.165, 1.54) is 20.8 Å². The third-order valence-electron chi connectivity index (χ3n) is 3.00. The summed E-state index contributed by atoms with van der Waals surface area (Å²) in [4.78, 5) is 11.1. The second kappa shape index (κ2) is 5.37. The van der Waals surface area contributed by atoms with Crippen molar-refractivity contribution in [2.45, 2.75) is 31.7 Å². The van der Waals surface area contributed by atoms with Crippen LogP contribution in [0.1, 0.15) is 40.9 Å². The summed E-state index contributed by atoms with van der Waals surface area (Å²) in [5.74, 6) is 0. The monoisotopic (exact) mass is 328 g/mol. The number of hydrogen-bond donors (Lipinski definition) is 1. The molecule has 112 valence electrons. The van der Waals surface area contributed by atoms with Crippen molar-refractivity contribution in [3.63, 3.8) is 0 Å². The first-order chi connectivity index (χ1) is 8.89. The standard InChI is InChI=1S/C12H12ClF3O3S/c1-6-4-8(11(2,3)20(18)19)9(12(14,15)16)5-7(6)10(13)17/h4-5,20H,1-3H3. The second-order valence-corrected chi connectivity index (χ2v) is 6.78. The fourth-order valence-corrected chi connectivity index (χ4v) is 2.34. The lowest BCUT2D eigenvalue weighted by molar-refractivity contribution is -0.138. The molecule has 0 aliphatic carbocycles. The molecule has 0 aromatic heterocycles. The summed E-state index contributed by atoms with van der Waals surface area (Å²) < 4.78 is 59.9. The number of thiol groups is 1. The first-order valence-corrected chi connectivity index (χ1v) is 7.01. The molecule has 0 bridgehead atoms. The van der Waals surface area contributed by atoms with Gasteiger partial charge in [-0.05, 0) is 49.6 Å². The molecule has 1 rings (SSSR count). The van der Waals surface area contributed by atoms with Crippen molar-refractivity contribution in [2.24, 2.45) is 0 Å². The normalized spacial score (nSPS) is 12.8. The molecule has 0 atom stereocenters. The molecule has 0 amide bonds. The fraction of sp³-hybridized carbons (Fsp3) is 0.417. The summed E-state index contributed by atoms with van der Waals surface area (Å²) in [6.07, 6.45) is -4.78. The summed E-state index contributed by atoms with van der Waals surface area (Å²) >= 11 is 5.23. The minimum absolute atomic E-state index is 0.193. The Balaban J connectivity index is 3.77. The summed E-state index contributed by atoms with van der Waals surface area (Å²) in [5.41, 5.74) is -1.67. The third-order valence-corrected chi connectivity index (χ3v) is 4.35. The largest absolute Gasteiger partial charge is 0.416 e. The molecule has 3 nitrogen and oxygen atoms in total. The summed E-state index contributed by atoms with van der Waals surface area (Å²) in [6, 6.07) is 1.64. The highest BCUT2D eigenvalue weighted by atomic mass is 35.5. The quantitative estimate of drug-likeness (QED) is 0.684. The number of rotatable bonds is 3. The Labute approximate surface area is 120 Å². The first-order valence-electron chi connectivity index (χ1n) is 5.45. The molecule has 0 N–H and O–H groups in total. The van der Waals surface area contributed by atoms with E-state index in [1.54, 1.807) is 0 Å². The average Bonchev–Trinajstić information content (AvgIpc) is 2.26. The Bertz CT molecular complexity index is 626. The topological polar surface area (TPSA) is 51.2 Å². The third kappa shape index (κ3) is 3.15. The number of hydrogen-bond acceptors (Lipinski definition) is 3. The number of alkyl halides is 3. The van der Waals surface area contributed by atoms with Crippen LogP contribution < -0.4 is 0 Å². The van der Waals surface area contributed by atoms with Crippen molar-refractivity contribution < 1.29 is 26.4 Å². The Hall–Kier alpha value is -1.08. The van der Waals surface area contributed by atoms with Crippen LogP contribution in [0.4, 0.5) is 13.2 Å². The van der Waals surface area contributed by atoms with Gasteiger partial charge in [-0.25, -0.2) is 8.42 Å². The van der Waals surface area contributed by atoms with Crippen molar-refractivity contribution in [3.05, 3.63) is 34.4 Å². The van der Waals surface area contributed by atoms with Crippen molar-refractivity contribution in [1.82, 2.24) is 0 Å². The molecular weight excluding hydrogens is 317 g/mol. The van der Waals surface area contributed by atoms with Crippen molar-refractivity contribution in [3.8, 4) is 0 Å². The van der Waals surface area contributed by atoms with Crippen molar-refractivity contribution >= 4 is 27.5 Å². The van der Waals surface area contributed by atoms with E-state index in [4.69, 9.17) is 11.6 Å². The minimum atomic E-state index is -4.78. The SMILES string of the molecule is Cc1cc(C(C)(C)[SH](=O)=O)c(C(F)(F)F)cc1C(=O)Cl. The molecule has 0 radical (unpaired) electrons. The van der Waals surface area contributed by atoms with Gasteiger partial charge < -0.3 is 0 Å². The Morgan fingerprint density at radius 2 is 1.65 bits per heavy atom. The minimum Gasteiger partial charge on any atom is -0.276 e. The number of benzene rings is 1. The average molecular weight is 329 g/mol. The van der Waals surface area contributed by atoms with E-state index in [2.05, 4.69) is 0 Å². The van der Waals surface area contributed by atoms with Gasteiger partial charge in [0.1, 0.15) is 10.7 Å². The fourth-order valence-electron chi connectivity index (χ4n) is 1.76. The molecule has 0 spiro atoms. The van der Waals surface area contributed by atoms with E-state index >= 15 is 0 Å². The smallest absolute Gasteiger partial charge is 0.276 e. The van der Waals surface area contributed by atoms with Gasteiger partial charge in [-0.2, -0.15) is 13.2 Å². The van der Waals surface area contributed by atoms with Gasteiger partial charge >= 0.3 is 6.18 Å². The van der Waals surface area contributed by atoms with Crippen molar-refractivity contribution in [1.29, 1.82) is 0 Å². The van der Waals surface area contributed by atoms with Crippen LogP contribution in [-0.4, -0.2) is 13.7 Å². The Kier molecular flexibility index (Phi) is 4.55. The lowest BCUT2D eigenvalue weighted by Crippen LogP contribution is -2.25. The van der Waals surface area contributed by atoms with Gasteiger partial charge in [0.15, 0.2) is 0 Å². The van der Waals surface area contributed by atoms with Gasteiger partial charge in [-0.1, -0.05) is 6.07 Å². The van der Waals surface area contributed by atoms with Crippen LogP contribution in [0.5, 0.6) is 0 Å². The molecule has 0 aliphatic heterocycles. The number of carbonyl (C=O) groups excluding carboxylic acids is 1. The van der Waals surface area contributed by atoms with Crippen LogP contribution >= 0.6 is 11.6 Å². The van der Waals surface area contributed by atoms with Gasteiger partial charge in [0.25, 0.3) is 5.24 Å². The zero-order chi connectivity index (χ0) is 15.9. The molecule has 0 heterocycles. The van der Waals surface area contributed by atoms with E-state index in [0.29, 0.717) is 6.07 Å². The maximum absolute atomic E-state index is 13.1. The zero-order valence-electron chi connectivity index (χ0n) is 10.8. The van der Waals surface area contributed by atoms with Crippen LogP contribution in [0.15, 0.2) is 12.1 Å². The van der Waals surface area contributed by atoms with E-state index in [1.807, 2.05) is 0 Å². The van der Waals surface area contributed by atoms with Gasteiger partial charge in [0.05, 0.1) is 10.3 Å². The highest BCUT2D eigenvalue weighted by Gasteiger charge is 2.40. The van der Waals surface area contributed by atoms with Crippen LogP contribution in [0, 0.1) is 6.92 Å². The predicted octanol–water partition coefficient (Wildman–Crippen LogP) is 3.24. The highest BCUT2D eigenvalue weighted by molar-refractivity contribution is 7.73. The van der Waals surface area contributed by atoms with Gasteiger partial charge in [0, 0.05) is 5.56 Å². The van der Waals surface area contributed by atoms with Gasteiger partial charge in [-0.3, -0.25) is 4.79 Å². The van der Waals surface area contributed by atoms with E-state index < -0.39 is 38.0 Å². The van der Waals surface area contributed by atoms with Crippen LogP contribution in [0.3, 0.4) is 0 Å². The Morgan fingerprint density at radius 3 is 2.00 bits per heavy atom. The number of aryl methyl sites for hydroxylation is 1.